The van der Waals surface area contributed by atoms with Gasteiger partial charge < -0.3 is 4.84 Å². The van der Waals surface area contributed by atoms with Crippen molar-refractivity contribution in [1.82, 2.24) is 5.01 Å². The normalized spacial score (nSPS) is 23.6. The van der Waals surface area contributed by atoms with Crippen molar-refractivity contribution >= 4 is 17.8 Å². The minimum absolute atomic E-state index is 0.0756. The summed E-state index contributed by atoms with van der Waals surface area (Å²) >= 11 is 0. The van der Waals surface area contributed by atoms with E-state index < -0.39 is 0 Å². The van der Waals surface area contributed by atoms with Crippen molar-refractivity contribution in [3.63, 3.8) is 0 Å². The molecule has 0 radical (unpaired) electrons. The van der Waals surface area contributed by atoms with E-state index in [9.17, 15) is 4.79 Å². The lowest BCUT2D eigenvalue weighted by Crippen LogP contribution is -2.27. The molecule has 12 heavy (non-hydrogen) atoms. The molecule has 66 valence electrons. The van der Waals surface area contributed by atoms with Gasteiger partial charge in [-0.05, 0) is 6.92 Å². The van der Waals surface area contributed by atoms with Gasteiger partial charge in [0.1, 0.15) is 13.0 Å². The fourth-order valence-corrected chi connectivity index (χ4v) is 0.976. The second-order valence-corrected chi connectivity index (χ2v) is 2.52. The van der Waals surface area contributed by atoms with Gasteiger partial charge in [-0.3, -0.25) is 4.79 Å². The number of hydrogen-bond donors (Lipinski definition) is 0. The molecule has 1 unspecified atom stereocenters. The van der Waals surface area contributed by atoms with Crippen LogP contribution in [0.5, 0.6) is 0 Å². The highest BCUT2D eigenvalue weighted by atomic mass is 16.6. The largest absolute Gasteiger partial charge is 0.399 e. The maximum atomic E-state index is 11.3. The summed E-state index contributed by atoms with van der Waals surface area (Å²) in [6.07, 6.45) is 1.56. The van der Waals surface area contributed by atoms with Gasteiger partial charge in [-0.1, -0.05) is 5.16 Å². The molecular formula is C7H11N3O2. The first-order chi connectivity index (χ1) is 5.66. The molecule has 0 aromatic rings. The number of oxime groups is 1. The molecule has 0 aliphatic carbocycles. The molecule has 1 rings (SSSR count). The SMILES string of the molecule is CON=C(C)C1C=NN(C)C1=O. The highest BCUT2D eigenvalue weighted by Crippen LogP contribution is 2.09. The Hall–Kier alpha value is -1.39. The number of nitrogens with zero attached hydrogens (tertiary/aromatic N) is 3. The van der Waals surface area contributed by atoms with Crippen LogP contribution in [0.3, 0.4) is 0 Å². The van der Waals surface area contributed by atoms with E-state index in [-0.39, 0.29) is 11.8 Å². The maximum absolute atomic E-state index is 11.3. The van der Waals surface area contributed by atoms with Gasteiger partial charge in [0.2, 0.25) is 0 Å². The Morgan fingerprint density at radius 2 is 2.50 bits per heavy atom. The molecule has 5 nitrogen and oxygen atoms in total. The Labute approximate surface area is 70.7 Å². The van der Waals surface area contributed by atoms with Crippen LogP contribution in [0.2, 0.25) is 0 Å². The summed E-state index contributed by atoms with van der Waals surface area (Å²) in [7, 11) is 3.06. The number of carbonyl (C=O) groups is 1. The highest BCUT2D eigenvalue weighted by Gasteiger charge is 2.28. The van der Waals surface area contributed by atoms with Crippen molar-refractivity contribution in [2.75, 3.05) is 14.2 Å². The molecule has 0 saturated carbocycles. The van der Waals surface area contributed by atoms with Gasteiger partial charge in [-0.2, -0.15) is 5.10 Å². The Morgan fingerprint density at radius 1 is 1.83 bits per heavy atom. The standard InChI is InChI=1S/C7H11N3O2/c1-5(9-12-3)6-4-8-10(2)7(6)11/h4,6H,1-3H3. The molecule has 1 amide bonds. The zero-order chi connectivity index (χ0) is 9.14. The fraction of sp³-hybridized carbons (Fsp3) is 0.571. The van der Waals surface area contributed by atoms with Gasteiger partial charge >= 0.3 is 0 Å². The van der Waals surface area contributed by atoms with Crippen LogP contribution in [-0.4, -0.2) is 37.0 Å². The number of hydrogen-bond acceptors (Lipinski definition) is 4. The molecular weight excluding hydrogens is 158 g/mol. The van der Waals surface area contributed by atoms with Crippen molar-refractivity contribution in [2.24, 2.45) is 16.2 Å². The van der Waals surface area contributed by atoms with E-state index in [4.69, 9.17) is 0 Å². The molecule has 0 bridgehead atoms. The molecule has 0 fully saturated rings. The first-order valence-electron chi connectivity index (χ1n) is 3.56. The first kappa shape index (κ1) is 8.70. The molecule has 0 N–H and O–H groups in total. The van der Waals surface area contributed by atoms with Crippen LogP contribution in [0.25, 0.3) is 0 Å². The van der Waals surface area contributed by atoms with Crippen molar-refractivity contribution in [2.45, 2.75) is 6.92 Å². The first-order valence-corrected chi connectivity index (χ1v) is 3.56. The third-order valence-electron chi connectivity index (χ3n) is 1.66. The van der Waals surface area contributed by atoms with E-state index in [1.807, 2.05) is 0 Å². The highest BCUT2D eigenvalue weighted by molar-refractivity contribution is 6.16. The van der Waals surface area contributed by atoms with Crippen molar-refractivity contribution in [1.29, 1.82) is 0 Å². The van der Waals surface area contributed by atoms with Crippen LogP contribution in [0.4, 0.5) is 0 Å². The quantitative estimate of drug-likeness (QED) is 0.434. The summed E-state index contributed by atoms with van der Waals surface area (Å²) in [5.74, 6) is -0.428. The van der Waals surface area contributed by atoms with Gasteiger partial charge in [-0.25, -0.2) is 5.01 Å². The van der Waals surface area contributed by atoms with Gasteiger partial charge in [-0.15, -0.1) is 0 Å². The number of carbonyl (C=O) groups excluding carboxylic acids is 1. The molecule has 1 atom stereocenters. The summed E-state index contributed by atoms with van der Waals surface area (Å²) in [6, 6.07) is 0. The molecule has 0 saturated heterocycles. The van der Waals surface area contributed by atoms with Crippen LogP contribution >= 0.6 is 0 Å². The average molecular weight is 169 g/mol. The molecule has 0 aromatic heterocycles. The summed E-state index contributed by atoms with van der Waals surface area (Å²) in [6.45, 7) is 1.73. The summed E-state index contributed by atoms with van der Waals surface area (Å²) in [5, 5.41) is 8.78. The van der Waals surface area contributed by atoms with E-state index in [2.05, 4.69) is 15.1 Å². The average Bonchev–Trinajstić information content (AvgIpc) is 2.34. The predicted molar refractivity (Wildman–Crippen MR) is 44.9 cm³/mol. The zero-order valence-electron chi connectivity index (χ0n) is 7.31. The van der Waals surface area contributed by atoms with E-state index >= 15 is 0 Å². The Bertz CT molecular complexity index is 247. The van der Waals surface area contributed by atoms with E-state index in [1.165, 1.54) is 12.1 Å². The number of rotatable bonds is 2. The monoisotopic (exact) mass is 169 g/mol. The Morgan fingerprint density at radius 3 is 2.92 bits per heavy atom. The second kappa shape index (κ2) is 3.34. The minimum Gasteiger partial charge on any atom is -0.399 e. The topological polar surface area (TPSA) is 54.3 Å². The van der Waals surface area contributed by atoms with Crippen LogP contribution in [0, 0.1) is 5.92 Å². The molecule has 5 heteroatoms. The van der Waals surface area contributed by atoms with Gasteiger partial charge in [0, 0.05) is 13.3 Å². The van der Waals surface area contributed by atoms with Crippen molar-refractivity contribution < 1.29 is 9.63 Å². The number of amides is 1. The van der Waals surface area contributed by atoms with Crippen LogP contribution < -0.4 is 0 Å². The van der Waals surface area contributed by atoms with E-state index in [1.54, 1.807) is 20.2 Å². The summed E-state index contributed by atoms with van der Waals surface area (Å²) < 4.78 is 0. The lowest BCUT2D eigenvalue weighted by atomic mass is 10.1. The van der Waals surface area contributed by atoms with Crippen molar-refractivity contribution in [3.8, 4) is 0 Å². The third kappa shape index (κ3) is 1.44. The Balaban J connectivity index is 2.73. The lowest BCUT2D eigenvalue weighted by molar-refractivity contribution is -0.128. The van der Waals surface area contributed by atoms with Crippen LogP contribution in [0.15, 0.2) is 10.3 Å². The third-order valence-corrected chi connectivity index (χ3v) is 1.66. The van der Waals surface area contributed by atoms with Gasteiger partial charge in [0.15, 0.2) is 0 Å². The van der Waals surface area contributed by atoms with Crippen LogP contribution in [0.1, 0.15) is 6.92 Å². The molecule has 1 aliphatic rings. The molecule has 1 heterocycles. The predicted octanol–water partition coefficient (Wildman–Crippen LogP) is 0.0827. The van der Waals surface area contributed by atoms with Crippen LogP contribution in [-0.2, 0) is 9.63 Å². The minimum atomic E-state index is -0.352. The smallest absolute Gasteiger partial charge is 0.256 e. The van der Waals surface area contributed by atoms with E-state index in [0.717, 1.165) is 0 Å². The van der Waals surface area contributed by atoms with Gasteiger partial charge in [0.25, 0.3) is 5.91 Å². The Kier molecular flexibility index (Phi) is 2.42. The fourth-order valence-electron chi connectivity index (χ4n) is 0.976. The molecule has 0 spiro atoms. The summed E-state index contributed by atoms with van der Waals surface area (Å²) in [5.41, 5.74) is 0.621. The van der Waals surface area contributed by atoms with Gasteiger partial charge in [0.05, 0.1) is 5.71 Å². The molecule has 0 aromatic carbocycles. The number of hydrazone groups is 1. The molecule has 1 aliphatic heterocycles. The summed E-state index contributed by atoms with van der Waals surface area (Å²) in [4.78, 5) is 15.8. The second-order valence-electron chi connectivity index (χ2n) is 2.52. The lowest BCUT2D eigenvalue weighted by Gasteiger charge is -2.06. The zero-order valence-corrected chi connectivity index (χ0v) is 7.31. The van der Waals surface area contributed by atoms with Crippen molar-refractivity contribution in [3.05, 3.63) is 0 Å². The van der Waals surface area contributed by atoms with E-state index in [0.29, 0.717) is 5.71 Å². The maximum Gasteiger partial charge on any atom is 0.256 e.